The number of rotatable bonds is 7. The van der Waals surface area contributed by atoms with Gasteiger partial charge in [-0.05, 0) is 66.1 Å². The molecule has 1 aliphatic rings. The van der Waals surface area contributed by atoms with Crippen LogP contribution in [-0.4, -0.2) is 51.3 Å². The van der Waals surface area contributed by atoms with Crippen LogP contribution in [-0.2, 0) is 11.2 Å². The summed E-state index contributed by atoms with van der Waals surface area (Å²) in [5.74, 6) is 0.549. The average Bonchev–Trinajstić information content (AvgIpc) is 3.50. The molecule has 3 aromatic carbocycles. The molecule has 0 amide bonds. The first kappa shape index (κ1) is 22.9. The number of anilines is 3. The van der Waals surface area contributed by atoms with Crippen molar-refractivity contribution in [2.45, 2.75) is 6.42 Å². The summed E-state index contributed by atoms with van der Waals surface area (Å²) in [6.07, 6.45) is 6.13. The van der Waals surface area contributed by atoms with Crippen LogP contribution in [0.1, 0.15) is 11.1 Å². The van der Waals surface area contributed by atoms with Crippen molar-refractivity contribution in [3.8, 4) is 16.9 Å². The van der Waals surface area contributed by atoms with Crippen LogP contribution in [0.3, 0.4) is 0 Å². The normalized spacial score (nSPS) is 13.5. The topological polar surface area (TPSA) is 81.0 Å². The summed E-state index contributed by atoms with van der Waals surface area (Å²) in [6.45, 7) is 3.26. The Morgan fingerprint density at radius 3 is 2.43 bits per heavy atom. The molecular weight excluding hydrogens is 462 g/mol. The predicted molar refractivity (Wildman–Crippen MR) is 144 cm³/mol. The molecule has 0 saturated carbocycles. The van der Waals surface area contributed by atoms with E-state index in [1.54, 1.807) is 17.1 Å². The highest BCUT2D eigenvalue weighted by Gasteiger charge is 2.15. The minimum Gasteiger partial charge on any atom is -0.378 e. The van der Waals surface area contributed by atoms with Gasteiger partial charge in [0, 0.05) is 36.2 Å². The number of aromatic nitrogens is 5. The summed E-state index contributed by atoms with van der Waals surface area (Å²) in [6, 6.07) is 27.2. The molecular formula is C29H27N7O. The van der Waals surface area contributed by atoms with Crippen LogP contribution in [0.15, 0.2) is 97.5 Å². The van der Waals surface area contributed by atoms with E-state index >= 15 is 0 Å². The van der Waals surface area contributed by atoms with E-state index in [9.17, 15) is 0 Å². The van der Waals surface area contributed by atoms with Gasteiger partial charge in [0.25, 0.3) is 0 Å². The first-order valence-electron chi connectivity index (χ1n) is 12.4. The number of nitrogens with zero attached hydrogens (tertiary/aromatic N) is 6. The Bertz CT molecular complexity index is 1450. The van der Waals surface area contributed by atoms with Crippen molar-refractivity contribution in [2.24, 2.45) is 0 Å². The molecule has 2 aromatic heterocycles. The van der Waals surface area contributed by atoms with E-state index in [-0.39, 0.29) is 0 Å². The second-order valence-corrected chi connectivity index (χ2v) is 8.93. The summed E-state index contributed by atoms with van der Waals surface area (Å²) >= 11 is 0. The van der Waals surface area contributed by atoms with Gasteiger partial charge in [0.2, 0.25) is 5.95 Å². The molecule has 37 heavy (non-hydrogen) atoms. The molecule has 0 atom stereocenters. The number of ether oxygens (including phenoxy) is 1. The predicted octanol–water partition coefficient (Wildman–Crippen LogP) is 4.90. The van der Waals surface area contributed by atoms with Crippen molar-refractivity contribution < 1.29 is 4.74 Å². The quantitative estimate of drug-likeness (QED) is 0.348. The fourth-order valence-corrected chi connectivity index (χ4v) is 4.51. The smallest absolute Gasteiger partial charge is 0.227 e. The van der Waals surface area contributed by atoms with Crippen molar-refractivity contribution in [1.29, 1.82) is 0 Å². The highest BCUT2D eigenvalue weighted by atomic mass is 16.5. The maximum absolute atomic E-state index is 5.58. The monoisotopic (exact) mass is 489 g/mol. The lowest BCUT2D eigenvalue weighted by Gasteiger charge is -2.29. The van der Waals surface area contributed by atoms with E-state index in [2.05, 4.69) is 74.0 Å². The van der Waals surface area contributed by atoms with E-state index in [4.69, 9.17) is 9.72 Å². The van der Waals surface area contributed by atoms with Crippen LogP contribution in [0, 0.1) is 0 Å². The lowest BCUT2D eigenvalue weighted by molar-refractivity contribution is 0.122. The zero-order chi connectivity index (χ0) is 24.9. The Morgan fingerprint density at radius 2 is 1.65 bits per heavy atom. The van der Waals surface area contributed by atoms with Gasteiger partial charge in [0.1, 0.15) is 0 Å². The molecule has 8 heteroatoms. The fraction of sp³-hybridized carbons (Fsp3) is 0.172. The first-order chi connectivity index (χ1) is 18.3. The maximum atomic E-state index is 5.58. The summed E-state index contributed by atoms with van der Waals surface area (Å²) in [4.78, 5) is 11.7. The Morgan fingerprint density at radius 1 is 0.811 bits per heavy atom. The van der Waals surface area contributed by atoms with Crippen LogP contribution in [0.4, 0.5) is 17.3 Å². The van der Waals surface area contributed by atoms with E-state index in [1.807, 2.05) is 36.5 Å². The van der Waals surface area contributed by atoms with Crippen LogP contribution in [0.5, 0.6) is 0 Å². The van der Waals surface area contributed by atoms with Gasteiger partial charge in [-0.1, -0.05) is 35.5 Å². The molecule has 0 aliphatic carbocycles. The van der Waals surface area contributed by atoms with Gasteiger partial charge >= 0.3 is 0 Å². The average molecular weight is 490 g/mol. The minimum atomic E-state index is 0.549. The molecule has 0 bridgehead atoms. The molecule has 1 fully saturated rings. The van der Waals surface area contributed by atoms with Gasteiger partial charge in [0.15, 0.2) is 0 Å². The van der Waals surface area contributed by atoms with E-state index in [0.717, 1.165) is 55.4 Å². The van der Waals surface area contributed by atoms with Gasteiger partial charge in [-0.3, -0.25) is 0 Å². The first-order valence-corrected chi connectivity index (χ1v) is 12.4. The fourth-order valence-electron chi connectivity index (χ4n) is 4.51. The number of benzene rings is 3. The van der Waals surface area contributed by atoms with Gasteiger partial charge in [-0.25, -0.2) is 14.6 Å². The van der Waals surface area contributed by atoms with Crippen LogP contribution in [0.25, 0.3) is 16.9 Å². The van der Waals surface area contributed by atoms with E-state index in [0.29, 0.717) is 5.95 Å². The standard InChI is InChI=1S/C29H27N7O/c1-2-4-22(5-3-1)18-23-19-24(21-27(20-23)35-14-16-37-17-15-35)28-10-11-30-29(33-28)32-25-6-8-26(9-7-25)36-13-12-31-34-36/h1-13,19-21H,14-18H2,(H,30,32,33). The largest absolute Gasteiger partial charge is 0.378 e. The summed E-state index contributed by atoms with van der Waals surface area (Å²) in [5, 5.41) is 11.2. The highest BCUT2D eigenvalue weighted by Crippen LogP contribution is 2.29. The Kier molecular flexibility index (Phi) is 6.55. The van der Waals surface area contributed by atoms with Crippen molar-refractivity contribution in [2.75, 3.05) is 36.5 Å². The van der Waals surface area contributed by atoms with Crippen molar-refractivity contribution in [3.05, 3.63) is 109 Å². The van der Waals surface area contributed by atoms with Gasteiger partial charge in [0.05, 0.1) is 37.0 Å². The second-order valence-electron chi connectivity index (χ2n) is 8.93. The summed E-state index contributed by atoms with van der Waals surface area (Å²) in [7, 11) is 0. The van der Waals surface area contributed by atoms with E-state index < -0.39 is 0 Å². The third-order valence-corrected chi connectivity index (χ3v) is 6.37. The van der Waals surface area contributed by atoms with Crippen LogP contribution in [0.2, 0.25) is 0 Å². The lowest BCUT2D eigenvalue weighted by Crippen LogP contribution is -2.36. The van der Waals surface area contributed by atoms with Crippen LogP contribution >= 0.6 is 0 Å². The molecule has 5 aromatic rings. The number of nitrogens with one attached hydrogen (secondary N) is 1. The maximum Gasteiger partial charge on any atom is 0.227 e. The van der Waals surface area contributed by atoms with Crippen molar-refractivity contribution >= 4 is 17.3 Å². The Hall–Kier alpha value is -4.56. The zero-order valence-corrected chi connectivity index (χ0v) is 20.4. The minimum absolute atomic E-state index is 0.549. The van der Waals surface area contributed by atoms with Gasteiger partial charge in [-0.2, -0.15) is 0 Å². The molecule has 8 nitrogen and oxygen atoms in total. The molecule has 1 aliphatic heterocycles. The molecule has 1 N–H and O–H groups in total. The Balaban J connectivity index is 1.28. The zero-order valence-electron chi connectivity index (χ0n) is 20.4. The van der Waals surface area contributed by atoms with E-state index in [1.165, 1.54) is 16.8 Å². The second kappa shape index (κ2) is 10.6. The number of morpholine rings is 1. The molecule has 6 rings (SSSR count). The van der Waals surface area contributed by atoms with Gasteiger partial charge in [-0.15, -0.1) is 5.10 Å². The molecule has 3 heterocycles. The van der Waals surface area contributed by atoms with Crippen molar-refractivity contribution in [3.63, 3.8) is 0 Å². The highest BCUT2D eigenvalue weighted by molar-refractivity contribution is 5.69. The third kappa shape index (κ3) is 5.49. The van der Waals surface area contributed by atoms with Crippen molar-refractivity contribution in [1.82, 2.24) is 25.0 Å². The molecule has 0 spiro atoms. The molecule has 0 radical (unpaired) electrons. The molecule has 1 saturated heterocycles. The Labute approximate surface area is 215 Å². The SMILES string of the molecule is c1ccc(Cc2cc(-c3ccnc(Nc4ccc(-n5ccnn5)cc4)n3)cc(N3CCOCC3)c2)cc1. The summed E-state index contributed by atoms with van der Waals surface area (Å²) < 4.78 is 7.30. The molecule has 184 valence electrons. The molecule has 0 unspecified atom stereocenters. The van der Waals surface area contributed by atoms with Gasteiger partial charge < -0.3 is 15.0 Å². The third-order valence-electron chi connectivity index (χ3n) is 6.37. The summed E-state index contributed by atoms with van der Waals surface area (Å²) in [5.41, 5.74) is 7.51. The lowest BCUT2D eigenvalue weighted by atomic mass is 10.00. The van der Waals surface area contributed by atoms with Crippen LogP contribution < -0.4 is 10.2 Å². The number of hydrogen-bond acceptors (Lipinski definition) is 7. The number of hydrogen-bond donors (Lipinski definition) is 1.